The van der Waals surface area contributed by atoms with Crippen molar-refractivity contribution in [1.82, 2.24) is 19.5 Å². The third-order valence-electron chi connectivity index (χ3n) is 6.96. The number of para-hydroxylation sites is 2. The second kappa shape index (κ2) is 10.4. The summed E-state index contributed by atoms with van der Waals surface area (Å²) in [6.45, 7) is 0. The summed E-state index contributed by atoms with van der Waals surface area (Å²) in [5, 5.41) is 0.627. The van der Waals surface area contributed by atoms with Crippen molar-refractivity contribution >= 4 is 10.9 Å². The molecule has 0 saturated carbocycles. The van der Waals surface area contributed by atoms with Crippen LogP contribution in [0.5, 0.6) is 0 Å². The predicted octanol–water partition coefficient (Wildman–Crippen LogP) is 6.45. The van der Waals surface area contributed by atoms with Crippen molar-refractivity contribution in [2.45, 2.75) is 0 Å². The van der Waals surface area contributed by atoms with E-state index in [2.05, 4.69) is 0 Å². The summed E-state index contributed by atoms with van der Waals surface area (Å²) in [4.78, 5) is 28.1. The fourth-order valence-electron chi connectivity index (χ4n) is 4.94. The second-order valence-corrected chi connectivity index (χ2v) is 9.60. The maximum atomic E-state index is 13.5. The molecule has 0 bridgehead atoms. The highest BCUT2D eigenvalue weighted by Gasteiger charge is 2.19. The molecule has 0 aliphatic carbocycles. The van der Waals surface area contributed by atoms with Crippen LogP contribution in [0.25, 0.3) is 56.4 Å². The van der Waals surface area contributed by atoms with Gasteiger partial charge in [-0.3, -0.25) is 0 Å². The quantitative estimate of drug-likeness (QED) is 0.240. The van der Waals surface area contributed by atoms with Gasteiger partial charge in [-0.1, -0.05) is 103 Å². The van der Waals surface area contributed by atoms with Crippen LogP contribution in [0.2, 0.25) is 0 Å². The number of rotatable bonds is 5. The van der Waals surface area contributed by atoms with Crippen molar-refractivity contribution in [1.29, 1.82) is 0 Å². The van der Waals surface area contributed by atoms with Crippen molar-refractivity contribution in [2.75, 3.05) is 0 Å². The molecule has 194 valence electrons. The molecule has 2 heterocycles. The number of benzene rings is 5. The van der Waals surface area contributed by atoms with Crippen LogP contribution in [0.4, 0.5) is 0 Å². The maximum Gasteiger partial charge on any atom is 0.350 e. The standard InChI is InChI=1S/C35H24N5O/c41-35-30-21-10-11-22-31(30)39(24-40(35)28-18-8-3-9-19-28)29-20-12-17-27(23-29)34-37-32(25-13-4-1-5-14-25)36-33(38-34)26-15-6-2-7-16-26/h1-24H/q+1. The average Bonchev–Trinajstić information content (AvgIpc) is 3.06. The zero-order valence-corrected chi connectivity index (χ0v) is 22.0. The van der Waals surface area contributed by atoms with Gasteiger partial charge in [0.2, 0.25) is 0 Å². The van der Waals surface area contributed by atoms with Crippen molar-refractivity contribution < 1.29 is 4.57 Å². The minimum atomic E-state index is -0.0725. The van der Waals surface area contributed by atoms with Crippen molar-refractivity contribution in [3.63, 3.8) is 0 Å². The van der Waals surface area contributed by atoms with E-state index in [-0.39, 0.29) is 5.56 Å². The Hall–Kier alpha value is -5.75. The summed E-state index contributed by atoms with van der Waals surface area (Å²) in [5.74, 6) is 1.78. The first-order valence-electron chi connectivity index (χ1n) is 13.3. The zero-order chi connectivity index (χ0) is 27.6. The Balaban J connectivity index is 1.42. The van der Waals surface area contributed by atoms with Gasteiger partial charge in [0.25, 0.3) is 6.33 Å². The van der Waals surface area contributed by atoms with Crippen molar-refractivity contribution in [2.24, 2.45) is 0 Å². The number of aromatic nitrogens is 5. The van der Waals surface area contributed by atoms with Gasteiger partial charge >= 0.3 is 5.56 Å². The highest BCUT2D eigenvalue weighted by Crippen LogP contribution is 2.25. The van der Waals surface area contributed by atoms with Crippen molar-refractivity contribution in [3.05, 3.63) is 156 Å². The van der Waals surface area contributed by atoms with Crippen LogP contribution in [-0.2, 0) is 0 Å². The molecular weight excluding hydrogens is 506 g/mol. The molecule has 0 fully saturated rings. The van der Waals surface area contributed by atoms with Gasteiger partial charge in [0.15, 0.2) is 17.5 Å². The van der Waals surface area contributed by atoms with E-state index >= 15 is 0 Å². The topological polar surface area (TPSA) is 64.6 Å². The van der Waals surface area contributed by atoms with Gasteiger partial charge in [0, 0.05) is 16.7 Å². The third kappa shape index (κ3) is 4.68. The lowest BCUT2D eigenvalue weighted by Crippen LogP contribution is -2.38. The SMILES string of the molecule is O=c1c2ccccc2[n+](-c2cccc(-c3nc(-c4ccccc4)nc(-c4ccccc4)n3)c2)cn1-c1ccccc1. The Bertz CT molecular complexity index is 2000. The molecule has 2 aromatic heterocycles. The number of hydrogen-bond acceptors (Lipinski definition) is 4. The molecular formula is C35H24N5O+. The monoisotopic (exact) mass is 530 g/mol. The molecule has 7 rings (SSSR count). The van der Waals surface area contributed by atoms with Crippen LogP contribution < -0.4 is 10.1 Å². The molecule has 0 N–H and O–H groups in total. The summed E-state index contributed by atoms with van der Waals surface area (Å²) in [5.41, 5.74) is 5.09. The average molecular weight is 531 g/mol. The zero-order valence-electron chi connectivity index (χ0n) is 22.0. The van der Waals surface area contributed by atoms with E-state index in [1.807, 2.05) is 150 Å². The Morgan fingerprint density at radius 2 is 1.02 bits per heavy atom. The second-order valence-electron chi connectivity index (χ2n) is 9.60. The van der Waals surface area contributed by atoms with Crippen LogP contribution in [0.1, 0.15) is 0 Å². The van der Waals surface area contributed by atoms with Crippen LogP contribution in [0, 0.1) is 0 Å². The van der Waals surface area contributed by atoms with Gasteiger partial charge in [0.1, 0.15) is 22.3 Å². The molecule has 0 unspecified atom stereocenters. The van der Waals surface area contributed by atoms with Crippen molar-refractivity contribution in [3.8, 4) is 45.5 Å². The van der Waals surface area contributed by atoms with Crippen LogP contribution in [0.3, 0.4) is 0 Å². The van der Waals surface area contributed by atoms with Gasteiger partial charge in [-0.05, 0) is 36.4 Å². The predicted molar refractivity (Wildman–Crippen MR) is 161 cm³/mol. The molecule has 0 aliphatic rings. The molecule has 6 heteroatoms. The van der Waals surface area contributed by atoms with Gasteiger partial charge in [-0.15, -0.1) is 0 Å². The summed E-state index contributed by atoms with van der Waals surface area (Å²) >= 11 is 0. The molecule has 6 nitrogen and oxygen atoms in total. The van der Waals surface area contributed by atoms with E-state index in [1.165, 1.54) is 0 Å². The van der Waals surface area contributed by atoms with Gasteiger partial charge in [-0.2, -0.15) is 9.13 Å². The summed E-state index contributed by atoms with van der Waals surface area (Å²) < 4.78 is 3.71. The fraction of sp³-hybridized carbons (Fsp3) is 0. The lowest BCUT2D eigenvalue weighted by molar-refractivity contribution is -0.572. The van der Waals surface area contributed by atoms with Gasteiger partial charge in [-0.25, -0.2) is 19.7 Å². The Kier molecular flexibility index (Phi) is 6.18. The first kappa shape index (κ1) is 24.3. The normalized spacial score (nSPS) is 11.0. The summed E-state index contributed by atoms with van der Waals surface area (Å²) in [6.07, 6.45) is 1.84. The molecule has 0 amide bonds. The molecule has 5 aromatic carbocycles. The Labute approximate surface area is 236 Å². The Morgan fingerprint density at radius 3 is 1.66 bits per heavy atom. The lowest BCUT2D eigenvalue weighted by atomic mass is 10.1. The van der Waals surface area contributed by atoms with E-state index in [0.717, 1.165) is 33.6 Å². The first-order chi connectivity index (χ1) is 20.2. The smallest absolute Gasteiger partial charge is 0.240 e. The maximum absolute atomic E-state index is 13.5. The molecule has 0 atom stereocenters. The van der Waals surface area contributed by atoms with Crippen LogP contribution in [-0.4, -0.2) is 19.5 Å². The fourth-order valence-corrected chi connectivity index (χ4v) is 4.94. The molecule has 41 heavy (non-hydrogen) atoms. The number of hydrogen-bond donors (Lipinski definition) is 0. The highest BCUT2D eigenvalue weighted by atomic mass is 16.1. The molecule has 0 aliphatic heterocycles. The van der Waals surface area contributed by atoms with Gasteiger partial charge in [0.05, 0.1) is 0 Å². The Morgan fingerprint density at radius 1 is 0.512 bits per heavy atom. The molecule has 0 saturated heterocycles. The minimum Gasteiger partial charge on any atom is -0.240 e. The third-order valence-corrected chi connectivity index (χ3v) is 6.96. The number of nitrogens with zero attached hydrogens (tertiary/aromatic N) is 5. The van der Waals surface area contributed by atoms with E-state index in [0.29, 0.717) is 22.9 Å². The van der Waals surface area contributed by atoms with E-state index in [9.17, 15) is 4.79 Å². The van der Waals surface area contributed by atoms with E-state index in [4.69, 9.17) is 15.0 Å². The first-order valence-corrected chi connectivity index (χ1v) is 13.3. The molecule has 7 aromatic rings. The summed E-state index contributed by atoms with van der Waals surface area (Å²) in [7, 11) is 0. The van der Waals surface area contributed by atoms with Crippen LogP contribution in [0.15, 0.2) is 151 Å². The lowest BCUT2D eigenvalue weighted by Gasteiger charge is -2.10. The number of fused-ring (bicyclic) bond motifs is 1. The van der Waals surface area contributed by atoms with E-state index < -0.39 is 0 Å². The van der Waals surface area contributed by atoms with Crippen LogP contribution >= 0.6 is 0 Å². The van der Waals surface area contributed by atoms with E-state index in [1.54, 1.807) is 4.57 Å². The molecule has 0 radical (unpaired) electrons. The summed E-state index contributed by atoms with van der Waals surface area (Å²) in [6, 6.07) is 45.2. The minimum absolute atomic E-state index is 0.0725. The molecule has 0 spiro atoms. The highest BCUT2D eigenvalue weighted by molar-refractivity contribution is 5.75. The van der Waals surface area contributed by atoms with Gasteiger partial charge < -0.3 is 0 Å². The largest absolute Gasteiger partial charge is 0.350 e.